The van der Waals surface area contributed by atoms with Gasteiger partial charge in [-0.1, -0.05) is 0 Å². The Balaban J connectivity index is 2.08. The summed E-state index contributed by atoms with van der Waals surface area (Å²) in [7, 11) is 1.67. The number of ether oxygens (including phenoxy) is 1. The van der Waals surface area contributed by atoms with Crippen LogP contribution in [0.1, 0.15) is 42.9 Å². The largest absolute Gasteiger partial charge is 0.495 e. The van der Waals surface area contributed by atoms with Crippen LogP contribution in [0, 0.1) is 12.8 Å². The van der Waals surface area contributed by atoms with Crippen molar-refractivity contribution in [1.29, 1.82) is 0 Å². The predicted octanol–water partition coefficient (Wildman–Crippen LogP) is 2.87. The van der Waals surface area contributed by atoms with Crippen LogP contribution in [0.4, 0.5) is 0 Å². The molecule has 92 valence electrons. The summed E-state index contributed by atoms with van der Waals surface area (Å²) in [5, 5.41) is 0. The van der Waals surface area contributed by atoms with Crippen molar-refractivity contribution in [3.05, 3.63) is 23.5 Å². The summed E-state index contributed by atoms with van der Waals surface area (Å²) in [4.78, 5) is 15.2. The summed E-state index contributed by atoms with van der Waals surface area (Å²) in [6.07, 6.45) is 7.05. The second kappa shape index (κ2) is 5.30. The fourth-order valence-electron chi connectivity index (χ4n) is 2.55. The van der Waals surface area contributed by atoms with Crippen molar-refractivity contribution >= 4 is 6.29 Å². The van der Waals surface area contributed by atoms with Gasteiger partial charge in [-0.05, 0) is 44.2 Å². The van der Waals surface area contributed by atoms with Crippen molar-refractivity contribution in [3.63, 3.8) is 0 Å². The van der Waals surface area contributed by atoms with E-state index in [-0.39, 0.29) is 5.92 Å². The Labute approximate surface area is 102 Å². The fourth-order valence-corrected chi connectivity index (χ4v) is 2.55. The van der Waals surface area contributed by atoms with E-state index in [2.05, 4.69) is 11.1 Å². The molecule has 0 radical (unpaired) electrons. The zero-order chi connectivity index (χ0) is 12.3. The highest BCUT2D eigenvalue weighted by atomic mass is 16.5. The van der Waals surface area contributed by atoms with Gasteiger partial charge in [0.1, 0.15) is 12.0 Å². The lowest BCUT2D eigenvalue weighted by atomic mass is 9.81. The third kappa shape index (κ3) is 2.65. The van der Waals surface area contributed by atoms with E-state index in [1.807, 2.05) is 6.92 Å². The van der Waals surface area contributed by atoms with E-state index in [4.69, 9.17) is 4.74 Å². The summed E-state index contributed by atoms with van der Waals surface area (Å²) in [6, 6.07) is 2.12. The molecule has 1 aliphatic carbocycles. The van der Waals surface area contributed by atoms with Gasteiger partial charge in [0.05, 0.1) is 13.3 Å². The van der Waals surface area contributed by atoms with E-state index in [9.17, 15) is 4.79 Å². The number of hydrogen-bond donors (Lipinski definition) is 0. The quantitative estimate of drug-likeness (QED) is 0.753. The number of aldehydes is 1. The third-order valence-corrected chi connectivity index (χ3v) is 3.69. The molecule has 0 spiro atoms. The maximum atomic E-state index is 10.7. The first-order valence-corrected chi connectivity index (χ1v) is 6.20. The van der Waals surface area contributed by atoms with Gasteiger partial charge in [-0.2, -0.15) is 0 Å². The Kier molecular flexibility index (Phi) is 3.77. The first kappa shape index (κ1) is 12.1. The highest BCUT2D eigenvalue weighted by Gasteiger charge is 2.23. The van der Waals surface area contributed by atoms with Crippen molar-refractivity contribution in [2.24, 2.45) is 5.92 Å². The van der Waals surface area contributed by atoms with Crippen molar-refractivity contribution < 1.29 is 9.53 Å². The predicted molar refractivity (Wildman–Crippen MR) is 66.3 cm³/mol. The normalized spacial score (nSPS) is 24.4. The Hall–Kier alpha value is -1.38. The molecule has 3 nitrogen and oxygen atoms in total. The lowest BCUT2D eigenvalue weighted by molar-refractivity contribution is -0.111. The molecule has 2 rings (SSSR count). The standard InChI is InChI=1S/C14H19NO2/c1-10-7-13(15-8-14(10)17-2)12-5-3-11(9-16)4-6-12/h7-9,11-12H,3-6H2,1-2H3/t11-,12-. The molecule has 17 heavy (non-hydrogen) atoms. The van der Waals surface area contributed by atoms with Gasteiger partial charge in [-0.25, -0.2) is 0 Å². The van der Waals surface area contributed by atoms with Gasteiger partial charge < -0.3 is 9.53 Å². The van der Waals surface area contributed by atoms with E-state index in [0.29, 0.717) is 5.92 Å². The molecular formula is C14H19NO2. The summed E-state index contributed by atoms with van der Waals surface area (Å²) in [5.41, 5.74) is 2.28. The molecule has 1 heterocycles. The number of nitrogens with zero attached hydrogens (tertiary/aromatic N) is 1. The smallest absolute Gasteiger partial charge is 0.140 e. The lowest BCUT2D eigenvalue weighted by Crippen LogP contribution is -2.15. The van der Waals surface area contributed by atoms with Crippen LogP contribution in [0.2, 0.25) is 0 Å². The molecule has 1 aliphatic rings. The molecule has 3 heteroatoms. The van der Waals surface area contributed by atoms with Crippen LogP contribution < -0.4 is 4.74 Å². The van der Waals surface area contributed by atoms with Gasteiger partial charge >= 0.3 is 0 Å². The van der Waals surface area contributed by atoms with Gasteiger partial charge in [0.25, 0.3) is 0 Å². The van der Waals surface area contributed by atoms with Crippen molar-refractivity contribution in [1.82, 2.24) is 4.98 Å². The Morgan fingerprint density at radius 3 is 2.59 bits per heavy atom. The number of carbonyl (C=O) groups is 1. The maximum absolute atomic E-state index is 10.7. The second-order valence-electron chi connectivity index (χ2n) is 4.83. The first-order valence-electron chi connectivity index (χ1n) is 6.20. The molecule has 1 aromatic rings. The van der Waals surface area contributed by atoms with Crippen LogP contribution in [0.15, 0.2) is 12.3 Å². The van der Waals surface area contributed by atoms with Gasteiger partial charge in [-0.3, -0.25) is 4.98 Å². The molecule has 0 unspecified atom stereocenters. The molecule has 0 aliphatic heterocycles. The third-order valence-electron chi connectivity index (χ3n) is 3.69. The van der Waals surface area contributed by atoms with Crippen LogP contribution in [-0.2, 0) is 4.79 Å². The monoisotopic (exact) mass is 233 g/mol. The van der Waals surface area contributed by atoms with Gasteiger partial charge in [0.2, 0.25) is 0 Å². The molecule has 0 atom stereocenters. The van der Waals surface area contributed by atoms with Gasteiger partial charge in [0, 0.05) is 17.5 Å². The number of aromatic nitrogens is 1. The Bertz CT molecular complexity index is 395. The molecule has 0 saturated heterocycles. The highest BCUT2D eigenvalue weighted by molar-refractivity contribution is 5.53. The molecule has 1 aromatic heterocycles. The van der Waals surface area contributed by atoms with Crippen LogP contribution >= 0.6 is 0 Å². The zero-order valence-electron chi connectivity index (χ0n) is 10.5. The first-order chi connectivity index (χ1) is 8.24. The summed E-state index contributed by atoms with van der Waals surface area (Å²) >= 11 is 0. The van der Waals surface area contributed by atoms with Gasteiger partial charge in [0.15, 0.2) is 0 Å². The molecule has 0 bridgehead atoms. The topological polar surface area (TPSA) is 39.2 Å². The maximum Gasteiger partial charge on any atom is 0.140 e. The summed E-state index contributed by atoms with van der Waals surface area (Å²) in [5.74, 6) is 1.62. The highest BCUT2D eigenvalue weighted by Crippen LogP contribution is 2.35. The molecule has 0 aromatic carbocycles. The van der Waals surface area contributed by atoms with E-state index in [1.165, 1.54) is 0 Å². The number of aryl methyl sites for hydroxylation is 1. The fraction of sp³-hybridized carbons (Fsp3) is 0.571. The average Bonchev–Trinajstić information content (AvgIpc) is 2.39. The minimum absolute atomic E-state index is 0.269. The second-order valence-corrected chi connectivity index (χ2v) is 4.83. The SMILES string of the molecule is COc1cnc([C@H]2CC[C@H](C=O)CC2)cc1C. The molecule has 0 N–H and O–H groups in total. The van der Waals surface area contributed by atoms with Crippen molar-refractivity contribution in [3.8, 4) is 5.75 Å². The van der Waals surface area contributed by atoms with E-state index in [0.717, 1.165) is 49.0 Å². The molecular weight excluding hydrogens is 214 g/mol. The van der Waals surface area contributed by atoms with Crippen LogP contribution in [0.3, 0.4) is 0 Å². The van der Waals surface area contributed by atoms with Crippen LogP contribution in [0.25, 0.3) is 0 Å². The van der Waals surface area contributed by atoms with Crippen LogP contribution in [-0.4, -0.2) is 18.4 Å². The Morgan fingerprint density at radius 2 is 2.06 bits per heavy atom. The Morgan fingerprint density at radius 1 is 1.35 bits per heavy atom. The van der Waals surface area contributed by atoms with Crippen molar-refractivity contribution in [2.75, 3.05) is 7.11 Å². The summed E-state index contributed by atoms with van der Waals surface area (Å²) < 4.78 is 5.21. The lowest BCUT2D eigenvalue weighted by Gasteiger charge is -2.25. The number of hydrogen-bond acceptors (Lipinski definition) is 3. The average molecular weight is 233 g/mol. The molecule has 0 amide bonds. The molecule has 1 saturated carbocycles. The number of methoxy groups -OCH3 is 1. The minimum atomic E-state index is 0.269. The van der Waals surface area contributed by atoms with E-state index < -0.39 is 0 Å². The van der Waals surface area contributed by atoms with Crippen molar-refractivity contribution in [2.45, 2.75) is 38.5 Å². The van der Waals surface area contributed by atoms with Gasteiger partial charge in [-0.15, -0.1) is 0 Å². The van der Waals surface area contributed by atoms with Crippen LogP contribution in [0.5, 0.6) is 5.75 Å². The summed E-state index contributed by atoms with van der Waals surface area (Å²) in [6.45, 7) is 2.04. The van der Waals surface area contributed by atoms with E-state index >= 15 is 0 Å². The number of rotatable bonds is 3. The number of pyridine rings is 1. The zero-order valence-corrected chi connectivity index (χ0v) is 10.5. The van der Waals surface area contributed by atoms with E-state index in [1.54, 1.807) is 13.3 Å². The molecule has 1 fully saturated rings. The minimum Gasteiger partial charge on any atom is -0.495 e. The number of carbonyl (C=O) groups excluding carboxylic acids is 1.